The minimum absolute atomic E-state index is 0.321. The SMILES string of the molecule is C1=CC=CC=C(C(c2ccccc2)N2CCNCC2)C=1. The molecule has 2 heteroatoms. The van der Waals surface area contributed by atoms with Crippen LogP contribution < -0.4 is 5.32 Å². The third kappa shape index (κ3) is 3.00. The summed E-state index contributed by atoms with van der Waals surface area (Å²) in [4.78, 5) is 2.55. The normalized spacial score (nSPS) is 20.5. The molecule has 0 spiro atoms. The smallest absolute Gasteiger partial charge is 0.0608 e. The number of nitrogens with zero attached hydrogens (tertiary/aromatic N) is 1. The highest BCUT2D eigenvalue weighted by molar-refractivity contribution is 5.38. The van der Waals surface area contributed by atoms with Crippen molar-refractivity contribution in [2.45, 2.75) is 6.04 Å². The number of rotatable bonds is 3. The molecule has 1 aliphatic carbocycles. The molecule has 1 aromatic carbocycles. The molecule has 2 nitrogen and oxygen atoms in total. The summed E-state index contributed by atoms with van der Waals surface area (Å²) in [5.74, 6) is 0. The van der Waals surface area contributed by atoms with Crippen molar-refractivity contribution in [1.82, 2.24) is 10.2 Å². The Balaban J connectivity index is 1.97. The molecule has 0 aromatic heterocycles. The average Bonchev–Trinajstić information content (AvgIpc) is 2.79. The Bertz CT molecular complexity index is 556. The summed E-state index contributed by atoms with van der Waals surface area (Å²) in [6, 6.07) is 11.1. The van der Waals surface area contributed by atoms with Gasteiger partial charge < -0.3 is 5.32 Å². The van der Waals surface area contributed by atoms with Crippen LogP contribution in [0, 0.1) is 0 Å². The fraction of sp³-hybridized carbons (Fsp3) is 0.278. The van der Waals surface area contributed by atoms with E-state index in [2.05, 4.69) is 64.5 Å². The molecule has 20 heavy (non-hydrogen) atoms. The Morgan fingerprint density at radius 1 is 1.05 bits per heavy atom. The number of allylic oxidation sites excluding steroid dienone is 3. The van der Waals surface area contributed by atoms with Crippen LogP contribution in [0.15, 0.2) is 72.0 Å². The number of hydrogen-bond acceptors (Lipinski definition) is 2. The quantitative estimate of drug-likeness (QED) is 0.845. The molecule has 2 aliphatic rings. The zero-order valence-corrected chi connectivity index (χ0v) is 11.6. The second kappa shape index (κ2) is 6.53. The molecule has 1 atom stereocenters. The molecule has 1 N–H and O–H groups in total. The van der Waals surface area contributed by atoms with Crippen LogP contribution in [-0.4, -0.2) is 31.1 Å². The monoisotopic (exact) mass is 264 g/mol. The highest BCUT2D eigenvalue weighted by Gasteiger charge is 2.24. The Kier molecular flexibility index (Phi) is 4.29. The summed E-state index contributed by atoms with van der Waals surface area (Å²) in [7, 11) is 0. The van der Waals surface area contributed by atoms with Crippen molar-refractivity contribution < 1.29 is 0 Å². The summed E-state index contributed by atoms with van der Waals surface area (Å²) in [6.07, 6.45) is 10.4. The molecule has 1 aromatic rings. The van der Waals surface area contributed by atoms with Gasteiger partial charge in [-0.25, -0.2) is 0 Å². The van der Waals surface area contributed by atoms with Gasteiger partial charge in [0, 0.05) is 26.2 Å². The molecule has 1 unspecified atom stereocenters. The zero-order valence-electron chi connectivity index (χ0n) is 11.6. The summed E-state index contributed by atoms with van der Waals surface area (Å²) in [6.45, 7) is 4.29. The molecule has 0 radical (unpaired) electrons. The lowest BCUT2D eigenvalue weighted by atomic mass is 9.96. The number of piperazine rings is 1. The van der Waals surface area contributed by atoms with Crippen LogP contribution in [0.5, 0.6) is 0 Å². The maximum atomic E-state index is 3.43. The third-order valence-corrected chi connectivity index (χ3v) is 3.79. The van der Waals surface area contributed by atoms with Gasteiger partial charge in [-0.15, -0.1) is 5.73 Å². The molecular formula is C18H20N2. The van der Waals surface area contributed by atoms with Crippen LogP contribution in [0.2, 0.25) is 0 Å². The lowest BCUT2D eigenvalue weighted by Gasteiger charge is -2.35. The van der Waals surface area contributed by atoms with E-state index in [9.17, 15) is 0 Å². The van der Waals surface area contributed by atoms with Gasteiger partial charge in [0.05, 0.1) is 6.04 Å². The van der Waals surface area contributed by atoms with E-state index in [0.717, 1.165) is 26.2 Å². The minimum atomic E-state index is 0.321. The summed E-state index contributed by atoms with van der Waals surface area (Å²) >= 11 is 0. The van der Waals surface area contributed by atoms with Gasteiger partial charge in [-0.05, 0) is 23.3 Å². The number of benzene rings is 1. The average molecular weight is 264 g/mol. The fourth-order valence-corrected chi connectivity index (χ4v) is 2.83. The van der Waals surface area contributed by atoms with E-state index < -0.39 is 0 Å². The van der Waals surface area contributed by atoms with E-state index >= 15 is 0 Å². The second-order valence-electron chi connectivity index (χ2n) is 5.13. The number of nitrogens with one attached hydrogen (secondary N) is 1. The Morgan fingerprint density at radius 2 is 1.85 bits per heavy atom. The Labute approximate surface area is 120 Å². The van der Waals surface area contributed by atoms with E-state index in [1.807, 2.05) is 12.2 Å². The van der Waals surface area contributed by atoms with Crippen LogP contribution in [0.1, 0.15) is 11.6 Å². The van der Waals surface area contributed by atoms with Crippen molar-refractivity contribution in [3.8, 4) is 0 Å². The maximum Gasteiger partial charge on any atom is 0.0608 e. The largest absolute Gasteiger partial charge is 0.314 e. The Hall–Kier alpha value is -1.86. The summed E-state index contributed by atoms with van der Waals surface area (Å²) in [5.41, 5.74) is 5.90. The van der Waals surface area contributed by atoms with Gasteiger partial charge in [-0.1, -0.05) is 48.6 Å². The van der Waals surface area contributed by atoms with Gasteiger partial charge >= 0.3 is 0 Å². The highest BCUT2D eigenvalue weighted by Crippen LogP contribution is 2.30. The van der Waals surface area contributed by atoms with Gasteiger partial charge in [0.25, 0.3) is 0 Å². The minimum Gasteiger partial charge on any atom is -0.314 e. The van der Waals surface area contributed by atoms with E-state index in [0.29, 0.717) is 6.04 Å². The molecular weight excluding hydrogens is 244 g/mol. The van der Waals surface area contributed by atoms with Crippen molar-refractivity contribution in [3.63, 3.8) is 0 Å². The third-order valence-electron chi connectivity index (χ3n) is 3.79. The van der Waals surface area contributed by atoms with Gasteiger partial charge in [0.2, 0.25) is 0 Å². The van der Waals surface area contributed by atoms with Crippen molar-refractivity contribution in [2.75, 3.05) is 26.2 Å². The van der Waals surface area contributed by atoms with E-state index in [1.54, 1.807) is 0 Å². The van der Waals surface area contributed by atoms with Crippen LogP contribution in [0.3, 0.4) is 0 Å². The fourth-order valence-electron chi connectivity index (χ4n) is 2.83. The highest BCUT2D eigenvalue weighted by atomic mass is 15.2. The molecule has 1 heterocycles. The van der Waals surface area contributed by atoms with Crippen molar-refractivity contribution in [1.29, 1.82) is 0 Å². The van der Waals surface area contributed by atoms with Crippen molar-refractivity contribution in [2.24, 2.45) is 0 Å². The molecule has 0 saturated carbocycles. The van der Waals surface area contributed by atoms with E-state index in [-0.39, 0.29) is 0 Å². The van der Waals surface area contributed by atoms with E-state index in [1.165, 1.54) is 11.1 Å². The molecule has 1 saturated heterocycles. The molecule has 0 amide bonds. The molecule has 0 bridgehead atoms. The first-order chi connectivity index (χ1) is 9.95. The van der Waals surface area contributed by atoms with Crippen molar-refractivity contribution >= 4 is 0 Å². The van der Waals surface area contributed by atoms with Gasteiger partial charge in [-0.3, -0.25) is 4.90 Å². The predicted molar refractivity (Wildman–Crippen MR) is 83.5 cm³/mol. The lowest BCUT2D eigenvalue weighted by molar-refractivity contribution is 0.198. The Morgan fingerprint density at radius 3 is 2.65 bits per heavy atom. The first-order valence-corrected chi connectivity index (χ1v) is 7.24. The van der Waals surface area contributed by atoms with Gasteiger partial charge in [-0.2, -0.15) is 0 Å². The summed E-state index contributed by atoms with van der Waals surface area (Å²) in [5, 5.41) is 3.43. The van der Waals surface area contributed by atoms with Gasteiger partial charge in [0.1, 0.15) is 0 Å². The molecule has 3 rings (SSSR count). The first-order valence-electron chi connectivity index (χ1n) is 7.24. The standard InChI is InChI=1S/C18H20N2/c1-2-5-9-16(8-4-1)18(17-10-6-3-7-11-17)20-14-12-19-13-15-20/h1-4,6-11,18-19H,12-15H2. The van der Waals surface area contributed by atoms with Crippen molar-refractivity contribution in [3.05, 3.63) is 77.6 Å². The van der Waals surface area contributed by atoms with Crippen LogP contribution >= 0.6 is 0 Å². The molecule has 102 valence electrons. The molecule has 1 aliphatic heterocycles. The second-order valence-corrected chi connectivity index (χ2v) is 5.13. The van der Waals surface area contributed by atoms with Crippen LogP contribution in [0.25, 0.3) is 0 Å². The summed E-state index contributed by atoms with van der Waals surface area (Å²) < 4.78 is 0. The topological polar surface area (TPSA) is 15.3 Å². The maximum absolute atomic E-state index is 3.43. The zero-order chi connectivity index (χ0) is 13.6. The lowest BCUT2D eigenvalue weighted by Crippen LogP contribution is -2.45. The van der Waals surface area contributed by atoms with Gasteiger partial charge in [0.15, 0.2) is 0 Å². The van der Waals surface area contributed by atoms with Crippen LogP contribution in [0.4, 0.5) is 0 Å². The predicted octanol–water partition coefficient (Wildman–Crippen LogP) is 2.84. The van der Waals surface area contributed by atoms with E-state index in [4.69, 9.17) is 0 Å². The first kappa shape index (κ1) is 13.1. The molecule has 1 fully saturated rings. The number of hydrogen-bond donors (Lipinski definition) is 1. The van der Waals surface area contributed by atoms with Crippen LogP contribution in [-0.2, 0) is 0 Å².